The second-order valence-electron chi connectivity index (χ2n) is 8.62. The molecule has 0 aliphatic heterocycles. The first kappa shape index (κ1) is 29.3. The van der Waals surface area contributed by atoms with Gasteiger partial charge in [-0.05, 0) is 79.2 Å². The number of nitrogens with one attached hydrogen (secondary N) is 2. The van der Waals surface area contributed by atoms with Crippen LogP contribution in [0.25, 0.3) is 0 Å². The normalized spacial score (nSPS) is 12.4. The molecule has 0 aromatic heterocycles. The molecule has 4 rings (SSSR count). The number of carbonyl (C=O) groups excluding carboxylic acids is 1. The van der Waals surface area contributed by atoms with Crippen LogP contribution in [0.2, 0.25) is 10.0 Å². The van der Waals surface area contributed by atoms with Crippen LogP contribution < -0.4 is 14.8 Å². The molecule has 208 valence electrons. The zero-order valence-electron chi connectivity index (χ0n) is 20.7. The number of anilines is 1. The van der Waals surface area contributed by atoms with E-state index in [-0.39, 0.29) is 26.7 Å². The lowest BCUT2D eigenvalue weighted by Gasteiger charge is -2.18. The van der Waals surface area contributed by atoms with Crippen molar-refractivity contribution in [1.82, 2.24) is 5.32 Å². The highest BCUT2D eigenvalue weighted by Gasteiger charge is 2.31. The van der Waals surface area contributed by atoms with Crippen LogP contribution in [0.5, 0.6) is 11.5 Å². The Hall–Kier alpha value is -3.73. The van der Waals surface area contributed by atoms with Crippen molar-refractivity contribution in [3.05, 3.63) is 118 Å². The van der Waals surface area contributed by atoms with Crippen molar-refractivity contribution in [3.63, 3.8) is 0 Å². The Bertz CT molecular complexity index is 1650. The maximum Gasteiger partial charge on any atom is 0.416 e. The Morgan fingerprint density at radius 2 is 1.60 bits per heavy atom. The van der Waals surface area contributed by atoms with Crippen molar-refractivity contribution in [2.75, 3.05) is 4.72 Å². The first-order chi connectivity index (χ1) is 18.8. The van der Waals surface area contributed by atoms with E-state index in [0.29, 0.717) is 16.5 Å². The van der Waals surface area contributed by atoms with Crippen molar-refractivity contribution in [2.24, 2.45) is 0 Å². The van der Waals surface area contributed by atoms with Gasteiger partial charge in [-0.25, -0.2) is 8.42 Å². The molecule has 1 atom stereocenters. The Balaban J connectivity index is 1.53. The lowest BCUT2D eigenvalue weighted by molar-refractivity contribution is -0.137. The monoisotopic (exact) mass is 608 g/mol. The van der Waals surface area contributed by atoms with Crippen molar-refractivity contribution >= 4 is 44.8 Å². The van der Waals surface area contributed by atoms with Crippen molar-refractivity contribution in [1.29, 1.82) is 0 Å². The first-order valence-electron chi connectivity index (χ1n) is 11.7. The van der Waals surface area contributed by atoms with E-state index >= 15 is 0 Å². The zero-order valence-corrected chi connectivity index (χ0v) is 23.0. The molecule has 12 heteroatoms. The SMILES string of the molecule is C[C@H](NC(=O)c1cc(Cl)ccc1NS(=O)(=O)c1ccc(Oc2ccccc2Cl)cc1)c1cccc(C(F)(F)F)c1. The second-order valence-corrected chi connectivity index (χ2v) is 11.1. The van der Waals surface area contributed by atoms with Gasteiger partial charge in [-0.1, -0.05) is 47.5 Å². The lowest BCUT2D eigenvalue weighted by atomic mass is 10.0. The average molecular weight is 609 g/mol. The molecule has 0 saturated heterocycles. The topological polar surface area (TPSA) is 84.5 Å². The van der Waals surface area contributed by atoms with Gasteiger partial charge >= 0.3 is 6.18 Å². The van der Waals surface area contributed by atoms with Crippen LogP contribution in [-0.2, 0) is 16.2 Å². The van der Waals surface area contributed by atoms with Crippen molar-refractivity contribution in [2.45, 2.75) is 24.0 Å². The average Bonchev–Trinajstić information content (AvgIpc) is 2.91. The number of sulfonamides is 1. The minimum absolute atomic E-state index is 0.0745. The largest absolute Gasteiger partial charge is 0.456 e. The van der Waals surface area contributed by atoms with Crippen LogP contribution in [0.3, 0.4) is 0 Å². The number of benzene rings is 4. The van der Waals surface area contributed by atoms with Gasteiger partial charge in [0.2, 0.25) is 0 Å². The molecule has 2 N–H and O–H groups in total. The Labute approximate surface area is 238 Å². The third kappa shape index (κ3) is 7.07. The molecule has 0 saturated carbocycles. The number of carbonyl (C=O) groups is 1. The number of halogens is 5. The molecule has 0 heterocycles. The molecule has 4 aromatic carbocycles. The van der Waals surface area contributed by atoms with E-state index in [1.807, 2.05) is 0 Å². The molecule has 6 nitrogen and oxygen atoms in total. The number of amides is 1. The smallest absolute Gasteiger partial charge is 0.416 e. The summed E-state index contributed by atoms with van der Waals surface area (Å²) in [7, 11) is -4.16. The van der Waals surface area contributed by atoms with Gasteiger partial charge in [0.05, 0.1) is 32.8 Å². The van der Waals surface area contributed by atoms with E-state index in [4.69, 9.17) is 27.9 Å². The molecule has 0 aliphatic rings. The maximum absolute atomic E-state index is 13.1. The zero-order chi connectivity index (χ0) is 29.1. The van der Waals surface area contributed by atoms with Gasteiger partial charge in [-0.15, -0.1) is 0 Å². The minimum Gasteiger partial charge on any atom is -0.456 e. The second kappa shape index (κ2) is 11.8. The third-order valence-electron chi connectivity index (χ3n) is 5.73. The van der Waals surface area contributed by atoms with E-state index in [0.717, 1.165) is 12.1 Å². The molecule has 40 heavy (non-hydrogen) atoms. The van der Waals surface area contributed by atoms with Crippen LogP contribution in [0, 0.1) is 0 Å². The molecule has 1 amide bonds. The summed E-state index contributed by atoms with van der Waals surface area (Å²) >= 11 is 12.2. The van der Waals surface area contributed by atoms with Gasteiger partial charge < -0.3 is 10.1 Å². The molecule has 0 radical (unpaired) electrons. The summed E-state index contributed by atoms with van der Waals surface area (Å²) in [5.74, 6) is 0.00451. The van der Waals surface area contributed by atoms with Gasteiger partial charge in [0.25, 0.3) is 15.9 Å². The molecular formula is C28H21Cl2F3N2O4S. The fourth-order valence-electron chi connectivity index (χ4n) is 3.68. The number of alkyl halides is 3. The molecular weight excluding hydrogens is 588 g/mol. The number of hydrogen-bond acceptors (Lipinski definition) is 4. The number of para-hydroxylation sites is 1. The van der Waals surface area contributed by atoms with Crippen molar-refractivity contribution < 1.29 is 31.1 Å². The van der Waals surface area contributed by atoms with E-state index in [9.17, 15) is 26.4 Å². The predicted molar refractivity (Wildman–Crippen MR) is 148 cm³/mol. The van der Waals surface area contributed by atoms with Gasteiger partial charge in [0.1, 0.15) is 11.5 Å². The fraction of sp³-hybridized carbons (Fsp3) is 0.107. The quantitative estimate of drug-likeness (QED) is 0.212. The van der Waals surface area contributed by atoms with Gasteiger partial charge in [0.15, 0.2) is 0 Å². The van der Waals surface area contributed by atoms with E-state index in [2.05, 4.69) is 10.0 Å². The maximum atomic E-state index is 13.1. The Morgan fingerprint density at radius 1 is 0.900 bits per heavy atom. The van der Waals surface area contributed by atoms with Crippen LogP contribution in [0.1, 0.15) is 34.5 Å². The minimum atomic E-state index is -4.54. The molecule has 0 aliphatic carbocycles. The van der Waals surface area contributed by atoms with Crippen LogP contribution in [0.4, 0.5) is 18.9 Å². The van der Waals surface area contributed by atoms with E-state index < -0.39 is 33.7 Å². The molecule has 4 aromatic rings. The first-order valence-corrected chi connectivity index (χ1v) is 13.9. The van der Waals surface area contributed by atoms with Gasteiger partial charge in [-0.2, -0.15) is 13.2 Å². The number of rotatable bonds is 8. The summed E-state index contributed by atoms with van der Waals surface area (Å²) in [6.07, 6.45) is -4.54. The third-order valence-corrected chi connectivity index (χ3v) is 7.66. The molecule has 0 unspecified atom stereocenters. The van der Waals surface area contributed by atoms with Crippen LogP contribution >= 0.6 is 23.2 Å². The van der Waals surface area contributed by atoms with Crippen LogP contribution in [0.15, 0.2) is 95.9 Å². The summed E-state index contributed by atoms with van der Waals surface area (Å²) < 4.78 is 73.6. The number of hydrogen-bond donors (Lipinski definition) is 2. The van der Waals surface area contributed by atoms with Gasteiger partial charge in [0, 0.05) is 5.02 Å². The highest BCUT2D eigenvalue weighted by atomic mass is 35.5. The summed E-state index contributed by atoms with van der Waals surface area (Å²) in [5.41, 5.74) is -0.833. The van der Waals surface area contributed by atoms with E-state index in [1.165, 1.54) is 61.5 Å². The molecule has 0 bridgehead atoms. The number of ether oxygens (including phenoxy) is 1. The molecule has 0 spiro atoms. The highest BCUT2D eigenvalue weighted by molar-refractivity contribution is 7.92. The summed E-state index contributed by atoms with van der Waals surface area (Å²) in [6.45, 7) is 1.51. The Kier molecular flexibility index (Phi) is 8.62. The Morgan fingerprint density at radius 3 is 2.27 bits per heavy atom. The highest BCUT2D eigenvalue weighted by Crippen LogP contribution is 2.32. The van der Waals surface area contributed by atoms with E-state index in [1.54, 1.807) is 24.3 Å². The lowest BCUT2D eigenvalue weighted by Crippen LogP contribution is -2.28. The fourth-order valence-corrected chi connectivity index (χ4v) is 5.11. The predicted octanol–water partition coefficient (Wildman–Crippen LogP) is 8.10. The van der Waals surface area contributed by atoms with Crippen molar-refractivity contribution in [3.8, 4) is 11.5 Å². The standard InChI is InChI=1S/C28H21Cl2F3N2O4S/c1-17(18-5-4-6-19(15-18)28(31,32)33)34-27(36)23-16-20(29)9-14-25(23)35-40(37,38)22-12-10-21(11-13-22)39-26-8-3-2-7-24(26)30/h2-17,35H,1H3,(H,34,36)/t17-/m0/s1. The van der Waals surface area contributed by atoms with Crippen LogP contribution in [-0.4, -0.2) is 14.3 Å². The summed E-state index contributed by atoms with van der Waals surface area (Å²) in [4.78, 5) is 13.0. The summed E-state index contributed by atoms with van der Waals surface area (Å²) in [5, 5.41) is 3.13. The molecule has 0 fully saturated rings. The van der Waals surface area contributed by atoms with Gasteiger partial charge in [-0.3, -0.25) is 9.52 Å². The summed E-state index contributed by atoms with van der Waals surface area (Å²) in [6, 6.07) is 20.0.